The maximum atomic E-state index is 6.11. The summed E-state index contributed by atoms with van der Waals surface area (Å²) >= 11 is 0. The molecule has 1 spiro atoms. The molecular weight excluding hydrogens is 316 g/mol. The average Bonchev–Trinajstić information content (AvgIpc) is 2.65. The summed E-state index contributed by atoms with van der Waals surface area (Å²) in [5.74, 6) is 1.48. The third kappa shape index (κ3) is 3.96. The van der Waals surface area contributed by atoms with Gasteiger partial charge in [-0.3, -0.25) is 4.98 Å². The number of pyridine rings is 1. The highest BCUT2D eigenvalue weighted by Crippen LogP contribution is 2.39. The van der Waals surface area contributed by atoms with Gasteiger partial charge in [-0.25, -0.2) is 9.97 Å². The summed E-state index contributed by atoms with van der Waals surface area (Å²) in [5, 5.41) is 0. The summed E-state index contributed by atoms with van der Waals surface area (Å²) < 4.78 is 11.9. The lowest BCUT2D eigenvalue weighted by Crippen LogP contribution is -2.65. The number of rotatable bonds is 6. The minimum Gasteiger partial charge on any atom is -0.377 e. The van der Waals surface area contributed by atoms with Gasteiger partial charge in [-0.1, -0.05) is 0 Å². The quantitative estimate of drug-likeness (QED) is 0.753. The highest BCUT2D eigenvalue weighted by atomic mass is 16.5. The third-order valence-corrected chi connectivity index (χ3v) is 5.08. The Balaban J connectivity index is 1.21. The van der Waals surface area contributed by atoms with E-state index in [1.807, 2.05) is 18.2 Å². The molecule has 4 rings (SSSR count). The molecule has 4 heterocycles. The van der Waals surface area contributed by atoms with Crippen LogP contribution in [0.25, 0.3) is 0 Å². The first-order chi connectivity index (χ1) is 12.3. The number of nitrogens with zero attached hydrogens (tertiary/aromatic N) is 4. The van der Waals surface area contributed by atoms with E-state index < -0.39 is 0 Å². The van der Waals surface area contributed by atoms with E-state index in [-0.39, 0.29) is 5.60 Å². The maximum absolute atomic E-state index is 6.11. The van der Waals surface area contributed by atoms with Crippen molar-refractivity contribution in [2.24, 2.45) is 5.92 Å². The molecule has 0 amide bonds. The Morgan fingerprint density at radius 2 is 1.96 bits per heavy atom. The van der Waals surface area contributed by atoms with Crippen LogP contribution in [0.5, 0.6) is 0 Å². The molecule has 0 unspecified atom stereocenters. The van der Waals surface area contributed by atoms with Gasteiger partial charge in [0.05, 0.1) is 19.7 Å². The monoisotopic (exact) mass is 340 g/mol. The molecule has 0 N–H and O–H groups in total. The zero-order chi connectivity index (χ0) is 17.0. The van der Waals surface area contributed by atoms with E-state index >= 15 is 0 Å². The van der Waals surface area contributed by atoms with E-state index in [1.165, 1.54) is 5.56 Å². The summed E-state index contributed by atoms with van der Waals surface area (Å²) in [6, 6.07) is 5.84. The van der Waals surface area contributed by atoms with Crippen molar-refractivity contribution in [2.75, 3.05) is 31.2 Å². The van der Waals surface area contributed by atoms with Gasteiger partial charge in [-0.15, -0.1) is 0 Å². The molecule has 0 aromatic carbocycles. The van der Waals surface area contributed by atoms with Crippen molar-refractivity contribution in [3.05, 3.63) is 48.5 Å². The first kappa shape index (κ1) is 16.4. The van der Waals surface area contributed by atoms with Gasteiger partial charge in [0.25, 0.3) is 0 Å². The Hall–Kier alpha value is -2.05. The van der Waals surface area contributed by atoms with Crippen LogP contribution in [-0.4, -0.2) is 46.9 Å². The lowest BCUT2D eigenvalue weighted by atomic mass is 9.79. The van der Waals surface area contributed by atoms with Crippen LogP contribution in [0.15, 0.2) is 43.0 Å². The molecule has 0 bridgehead atoms. The molecule has 6 nitrogen and oxygen atoms in total. The van der Waals surface area contributed by atoms with Gasteiger partial charge >= 0.3 is 0 Å². The third-order valence-electron chi connectivity index (χ3n) is 5.08. The fourth-order valence-corrected chi connectivity index (χ4v) is 3.76. The molecule has 2 aromatic rings. The second-order valence-electron chi connectivity index (χ2n) is 6.99. The Morgan fingerprint density at radius 1 is 1.16 bits per heavy atom. The van der Waals surface area contributed by atoms with Crippen LogP contribution in [0.1, 0.15) is 24.8 Å². The molecule has 132 valence electrons. The van der Waals surface area contributed by atoms with Crippen molar-refractivity contribution in [3.8, 4) is 0 Å². The first-order valence-electron chi connectivity index (χ1n) is 8.96. The largest absolute Gasteiger partial charge is 0.377 e. The number of aromatic nitrogens is 3. The maximum Gasteiger partial charge on any atom is 0.225 e. The lowest BCUT2D eigenvalue weighted by molar-refractivity contribution is -0.116. The summed E-state index contributed by atoms with van der Waals surface area (Å²) in [4.78, 5) is 14.9. The molecule has 2 aliphatic heterocycles. The van der Waals surface area contributed by atoms with Crippen LogP contribution in [0, 0.1) is 5.92 Å². The fourth-order valence-electron chi connectivity index (χ4n) is 3.76. The molecular formula is C19H24N4O2. The number of anilines is 1. The molecule has 2 saturated heterocycles. The highest BCUT2D eigenvalue weighted by molar-refractivity contribution is 5.37. The summed E-state index contributed by atoms with van der Waals surface area (Å²) in [6.45, 7) is 4.10. The first-order valence-corrected chi connectivity index (χ1v) is 8.96. The van der Waals surface area contributed by atoms with Crippen LogP contribution in [0.4, 0.5) is 5.95 Å². The van der Waals surface area contributed by atoms with E-state index in [4.69, 9.17) is 9.47 Å². The second kappa shape index (κ2) is 7.45. The predicted octanol–water partition coefficient (Wildman–Crippen LogP) is 2.46. The van der Waals surface area contributed by atoms with Crippen molar-refractivity contribution in [1.82, 2.24) is 15.0 Å². The lowest BCUT2D eigenvalue weighted by Gasteiger charge is -2.53. The summed E-state index contributed by atoms with van der Waals surface area (Å²) in [5.41, 5.74) is 1.17. The van der Waals surface area contributed by atoms with Gasteiger partial charge in [0.1, 0.15) is 5.60 Å². The second-order valence-corrected chi connectivity index (χ2v) is 6.99. The number of hydrogen-bond acceptors (Lipinski definition) is 6. The minimum absolute atomic E-state index is 0.00673. The molecule has 0 radical (unpaired) electrons. The van der Waals surface area contributed by atoms with E-state index in [0.717, 1.165) is 51.5 Å². The van der Waals surface area contributed by atoms with Gasteiger partial charge in [0.2, 0.25) is 5.95 Å². The zero-order valence-electron chi connectivity index (χ0n) is 14.4. The molecule has 2 aliphatic rings. The molecule has 6 heteroatoms. The predicted molar refractivity (Wildman–Crippen MR) is 94.2 cm³/mol. The van der Waals surface area contributed by atoms with Gasteiger partial charge in [0, 0.05) is 38.0 Å². The van der Waals surface area contributed by atoms with Gasteiger partial charge < -0.3 is 14.4 Å². The molecule has 0 aliphatic carbocycles. The van der Waals surface area contributed by atoms with Crippen LogP contribution < -0.4 is 4.90 Å². The van der Waals surface area contributed by atoms with E-state index in [1.54, 1.807) is 24.8 Å². The fraction of sp³-hybridized carbons (Fsp3) is 0.526. The summed E-state index contributed by atoms with van der Waals surface area (Å²) in [7, 11) is 0. The van der Waals surface area contributed by atoms with Gasteiger partial charge in [0.15, 0.2) is 0 Å². The molecule has 1 atom stereocenters. The van der Waals surface area contributed by atoms with Crippen LogP contribution in [0.2, 0.25) is 0 Å². The zero-order valence-corrected chi connectivity index (χ0v) is 14.4. The number of ether oxygens (including phenoxy) is 2. The van der Waals surface area contributed by atoms with Crippen LogP contribution in [0.3, 0.4) is 0 Å². The van der Waals surface area contributed by atoms with Crippen LogP contribution in [-0.2, 0) is 16.1 Å². The van der Waals surface area contributed by atoms with Crippen molar-refractivity contribution in [1.29, 1.82) is 0 Å². The molecule has 2 aromatic heterocycles. The standard InChI is InChI=1S/C19H24N4O2/c1-6-21-18(22-7-1)23-14-19(15-23)12-16(5-11-25-19)4-10-24-13-17-2-8-20-9-3-17/h1-3,6-9,16H,4-5,10-15H2/t16-/m0/s1. The summed E-state index contributed by atoms with van der Waals surface area (Å²) in [6.07, 6.45) is 10.5. The highest BCUT2D eigenvalue weighted by Gasteiger charge is 2.48. The van der Waals surface area contributed by atoms with Crippen LogP contribution >= 0.6 is 0 Å². The average molecular weight is 340 g/mol. The van der Waals surface area contributed by atoms with Crippen molar-refractivity contribution in [3.63, 3.8) is 0 Å². The molecule has 0 saturated carbocycles. The van der Waals surface area contributed by atoms with E-state index in [9.17, 15) is 0 Å². The number of hydrogen-bond donors (Lipinski definition) is 0. The van der Waals surface area contributed by atoms with Crippen molar-refractivity contribution >= 4 is 5.95 Å². The Labute approximate surface area is 148 Å². The smallest absolute Gasteiger partial charge is 0.225 e. The molecule has 25 heavy (non-hydrogen) atoms. The normalized spacial score (nSPS) is 21.9. The van der Waals surface area contributed by atoms with Crippen molar-refractivity contribution < 1.29 is 9.47 Å². The SMILES string of the molecule is c1cnc(N2CC3(C[C@@H](CCOCc4ccncc4)CCO3)C2)nc1. The molecule has 2 fully saturated rings. The minimum atomic E-state index is -0.00673. The van der Waals surface area contributed by atoms with E-state index in [0.29, 0.717) is 12.5 Å². The van der Waals surface area contributed by atoms with Gasteiger partial charge in [-0.2, -0.15) is 0 Å². The van der Waals surface area contributed by atoms with Crippen molar-refractivity contribution in [2.45, 2.75) is 31.5 Å². The topological polar surface area (TPSA) is 60.4 Å². The Bertz CT molecular complexity index is 662. The van der Waals surface area contributed by atoms with E-state index in [2.05, 4.69) is 19.9 Å². The van der Waals surface area contributed by atoms with Gasteiger partial charge in [-0.05, 0) is 48.9 Å². The Kier molecular flexibility index (Phi) is 4.90. The Morgan fingerprint density at radius 3 is 2.76 bits per heavy atom.